The van der Waals surface area contributed by atoms with Gasteiger partial charge in [0, 0.05) is 4.47 Å². The molecule has 1 amide bonds. The zero-order chi connectivity index (χ0) is 15.1. The van der Waals surface area contributed by atoms with E-state index in [4.69, 9.17) is 4.74 Å². The minimum Gasteiger partial charge on any atom is -0.479 e. The Morgan fingerprint density at radius 3 is 2.60 bits per heavy atom. The van der Waals surface area contributed by atoms with E-state index in [-0.39, 0.29) is 6.54 Å². The average molecular weight is 342 g/mol. The van der Waals surface area contributed by atoms with Crippen molar-refractivity contribution in [2.24, 2.45) is 0 Å². The number of halogens is 1. The van der Waals surface area contributed by atoms with Crippen LogP contribution in [0.2, 0.25) is 0 Å². The van der Waals surface area contributed by atoms with Gasteiger partial charge < -0.3 is 9.84 Å². The molecule has 108 valence electrons. The smallest absolute Gasteiger partial charge is 0.411 e. The van der Waals surface area contributed by atoms with Gasteiger partial charge in [0.15, 0.2) is 6.04 Å². The van der Waals surface area contributed by atoms with Gasteiger partial charge in [-0.3, -0.25) is 4.90 Å². The van der Waals surface area contributed by atoms with Crippen LogP contribution in [0.25, 0.3) is 0 Å². The van der Waals surface area contributed by atoms with Crippen molar-refractivity contribution >= 4 is 28.0 Å². The van der Waals surface area contributed by atoms with Gasteiger partial charge >= 0.3 is 12.1 Å². The van der Waals surface area contributed by atoms with E-state index in [2.05, 4.69) is 15.9 Å². The molecule has 1 aliphatic rings. The first-order valence-corrected chi connectivity index (χ1v) is 6.99. The van der Waals surface area contributed by atoms with E-state index in [9.17, 15) is 14.7 Å². The quantitative estimate of drug-likeness (QED) is 0.850. The maximum Gasteiger partial charge on any atom is 0.411 e. The summed E-state index contributed by atoms with van der Waals surface area (Å²) in [4.78, 5) is 24.9. The second-order valence-electron chi connectivity index (χ2n) is 5.69. The van der Waals surface area contributed by atoms with Gasteiger partial charge in [0.2, 0.25) is 0 Å². The van der Waals surface area contributed by atoms with Crippen LogP contribution < -0.4 is 0 Å². The lowest BCUT2D eigenvalue weighted by atomic mass is 10.1. The Hall–Kier alpha value is -1.56. The van der Waals surface area contributed by atoms with Crippen LogP contribution in [-0.4, -0.2) is 27.7 Å². The predicted octanol–water partition coefficient (Wildman–Crippen LogP) is 3.33. The van der Waals surface area contributed by atoms with Crippen LogP contribution in [-0.2, 0) is 16.1 Å². The number of nitrogens with zero attached hydrogens (tertiary/aromatic N) is 1. The summed E-state index contributed by atoms with van der Waals surface area (Å²) in [6.07, 6.45) is -0.614. The van der Waals surface area contributed by atoms with Gasteiger partial charge in [-0.05, 0) is 44.0 Å². The highest BCUT2D eigenvalue weighted by Gasteiger charge is 2.40. The minimum atomic E-state index is -1.06. The number of carbonyl (C=O) groups is 2. The third kappa shape index (κ3) is 2.95. The first-order valence-electron chi connectivity index (χ1n) is 6.20. The van der Waals surface area contributed by atoms with Crippen molar-refractivity contribution in [3.05, 3.63) is 33.8 Å². The third-order valence-corrected chi connectivity index (χ3v) is 3.41. The van der Waals surface area contributed by atoms with Crippen molar-refractivity contribution in [1.82, 2.24) is 4.90 Å². The summed E-state index contributed by atoms with van der Waals surface area (Å²) < 4.78 is 6.13. The molecule has 2 rings (SSSR count). The SMILES string of the molecule is CC(C)(C)OC(=O)N1Cc2cc(Br)ccc2C1C(=O)O. The lowest BCUT2D eigenvalue weighted by Crippen LogP contribution is -2.38. The molecule has 1 unspecified atom stereocenters. The molecule has 1 aromatic rings. The molecule has 0 aliphatic carbocycles. The van der Waals surface area contributed by atoms with Crippen LogP contribution in [0.1, 0.15) is 37.9 Å². The monoisotopic (exact) mass is 341 g/mol. The number of aliphatic carboxylic acids is 1. The molecule has 0 radical (unpaired) electrons. The number of hydrogen-bond acceptors (Lipinski definition) is 3. The van der Waals surface area contributed by atoms with E-state index in [1.165, 1.54) is 4.90 Å². The second kappa shape index (κ2) is 5.09. The largest absolute Gasteiger partial charge is 0.479 e. The first kappa shape index (κ1) is 14.8. The summed E-state index contributed by atoms with van der Waals surface area (Å²) in [7, 11) is 0. The molecule has 0 saturated heterocycles. The second-order valence-corrected chi connectivity index (χ2v) is 6.61. The number of carbonyl (C=O) groups excluding carboxylic acids is 1. The van der Waals surface area contributed by atoms with Crippen molar-refractivity contribution in [1.29, 1.82) is 0 Å². The molecule has 0 spiro atoms. The van der Waals surface area contributed by atoms with Crippen molar-refractivity contribution < 1.29 is 19.4 Å². The molecule has 1 aliphatic heterocycles. The fourth-order valence-corrected chi connectivity index (χ4v) is 2.59. The zero-order valence-corrected chi connectivity index (χ0v) is 13.1. The van der Waals surface area contributed by atoms with Gasteiger partial charge in [0.25, 0.3) is 0 Å². The molecule has 1 aromatic carbocycles. The molecule has 1 N–H and O–H groups in total. The molecule has 6 heteroatoms. The Kier molecular flexibility index (Phi) is 3.77. The van der Waals surface area contributed by atoms with Gasteiger partial charge in [-0.15, -0.1) is 0 Å². The van der Waals surface area contributed by atoms with Gasteiger partial charge in [-0.25, -0.2) is 9.59 Å². The molecule has 5 nitrogen and oxygen atoms in total. The highest BCUT2D eigenvalue weighted by atomic mass is 79.9. The molecular formula is C14H16BrNO4. The van der Waals surface area contributed by atoms with Crippen molar-refractivity contribution in [2.75, 3.05) is 0 Å². The predicted molar refractivity (Wildman–Crippen MR) is 76.3 cm³/mol. The molecule has 0 saturated carbocycles. The summed E-state index contributed by atoms with van der Waals surface area (Å²) in [5, 5.41) is 9.39. The number of carboxylic acid groups (broad SMARTS) is 1. The van der Waals surface area contributed by atoms with Crippen molar-refractivity contribution in [3.63, 3.8) is 0 Å². The van der Waals surface area contributed by atoms with Crippen LogP contribution in [0.3, 0.4) is 0 Å². The lowest BCUT2D eigenvalue weighted by Gasteiger charge is -2.27. The first-order chi connectivity index (χ1) is 9.19. The molecular weight excluding hydrogens is 326 g/mol. The van der Waals surface area contributed by atoms with E-state index < -0.39 is 23.7 Å². The van der Waals surface area contributed by atoms with Crippen molar-refractivity contribution in [2.45, 2.75) is 39.0 Å². The number of carboxylic acids is 1. The molecule has 0 aromatic heterocycles. The highest BCUT2D eigenvalue weighted by molar-refractivity contribution is 9.10. The van der Waals surface area contributed by atoms with Gasteiger partial charge in [0.05, 0.1) is 6.54 Å². The van der Waals surface area contributed by atoms with Crippen LogP contribution in [0.4, 0.5) is 4.79 Å². The summed E-state index contributed by atoms with van der Waals surface area (Å²) >= 11 is 3.35. The summed E-state index contributed by atoms with van der Waals surface area (Å²) in [6, 6.07) is 4.33. The van der Waals surface area contributed by atoms with Gasteiger partial charge in [0.1, 0.15) is 5.60 Å². The van der Waals surface area contributed by atoms with Crippen LogP contribution in [0.15, 0.2) is 22.7 Å². The number of amides is 1. The third-order valence-electron chi connectivity index (χ3n) is 2.91. The lowest BCUT2D eigenvalue weighted by molar-refractivity contribution is -0.143. The summed E-state index contributed by atoms with van der Waals surface area (Å²) in [6.45, 7) is 5.49. The average Bonchev–Trinajstić information content (AvgIpc) is 2.64. The van der Waals surface area contributed by atoms with E-state index in [1.54, 1.807) is 32.9 Å². The molecule has 1 heterocycles. The van der Waals surface area contributed by atoms with E-state index in [0.29, 0.717) is 5.56 Å². The Morgan fingerprint density at radius 1 is 1.40 bits per heavy atom. The number of hydrogen-bond donors (Lipinski definition) is 1. The standard InChI is InChI=1S/C14H16BrNO4/c1-14(2,3)20-13(19)16-7-8-6-9(15)4-5-10(8)11(16)12(17)18/h4-6,11H,7H2,1-3H3,(H,17,18). The number of fused-ring (bicyclic) bond motifs is 1. The van der Waals surface area contributed by atoms with E-state index in [0.717, 1.165) is 10.0 Å². The number of benzene rings is 1. The Morgan fingerprint density at radius 2 is 2.05 bits per heavy atom. The summed E-state index contributed by atoms with van der Waals surface area (Å²) in [5.74, 6) is -1.06. The minimum absolute atomic E-state index is 0.237. The van der Waals surface area contributed by atoms with E-state index >= 15 is 0 Å². The zero-order valence-electron chi connectivity index (χ0n) is 11.5. The van der Waals surface area contributed by atoms with Crippen LogP contribution >= 0.6 is 15.9 Å². The fourth-order valence-electron chi connectivity index (χ4n) is 2.18. The molecule has 0 bridgehead atoms. The number of ether oxygens (including phenoxy) is 1. The Balaban J connectivity index is 2.32. The van der Waals surface area contributed by atoms with E-state index in [1.807, 2.05) is 6.07 Å². The summed E-state index contributed by atoms with van der Waals surface area (Å²) in [5.41, 5.74) is 0.791. The van der Waals surface area contributed by atoms with Gasteiger partial charge in [-0.2, -0.15) is 0 Å². The maximum absolute atomic E-state index is 12.2. The Bertz CT molecular complexity index is 565. The highest BCUT2D eigenvalue weighted by Crippen LogP contribution is 2.36. The molecule has 1 atom stereocenters. The molecule has 0 fully saturated rings. The number of rotatable bonds is 1. The maximum atomic E-state index is 12.2. The van der Waals surface area contributed by atoms with Gasteiger partial charge in [-0.1, -0.05) is 22.0 Å². The normalized spacial score (nSPS) is 17.8. The fraction of sp³-hybridized carbons (Fsp3) is 0.429. The topological polar surface area (TPSA) is 66.8 Å². The molecule has 20 heavy (non-hydrogen) atoms. The Labute approximate surface area is 125 Å². The van der Waals surface area contributed by atoms with Crippen LogP contribution in [0.5, 0.6) is 0 Å². The van der Waals surface area contributed by atoms with Crippen molar-refractivity contribution in [3.8, 4) is 0 Å². The van der Waals surface area contributed by atoms with Crippen LogP contribution in [0, 0.1) is 0 Å².